The second-order valence-corrected chi connectivity index (χ2v) is 10.8. The molecule has 1 fully saturated rings. The van der Waals surface area contributed by atoms with Crippen LogP contribution in [0.5, 0.6) is 0 Å². The molecule has 0 atom stereocenters. The normalized spacial score (nSPS) is 15.4. The maximum absolute atomic E-state index is 13.1. The van der Waals surface area contributed by atoms with Crippen LogP contribution in [0.25, 0.3) is 10.8 Å². The average molecular weight is 455 g/mol. The lowest BCUT2D eigenvalue weighted by molar-refractivity contribution is -0.129. The molecule has 3 aromatic rings. The van der Waals surface area contributed by atoms with Crippen LogP contribution in [-0.4, -0.2) is 55.5 Å². The van der Waals surface area contributed by atoms with Gasteiger partial charge in [0.2, 0.25) is 15.9 Å². The SMILES string of the molecule is Cc1ccc(C)c(SCC(=O)N2CCN(S(=O)(=O)c3ccc4ccccc4c3)CC2)c1. The quantitative estimate of drug-likeness (QED) is 0.545. The zero-order chi connectivity index (χ0) is 22.0. The van der Waals surface area contributed by atoms with E-state index in [2.05, 4.69) is 18.2 Å². The molecule has 0 aliphatic carbocycles. The van der Waals surface area contributed by atoms with Crippen LogP contribution < -0.4 is 0 Å². The Morgan fingerprint density at radius 1 is 0.903 bits per heavy atom. The lowest BCUT2D eigenvalue weighted by Gasteiger charge is -2.34. The van der Waals surface area contributed by atoms with Crippen LogP contribution in [-0.2, 0) is 14.8 Å². The highest BCUT2D eigenvalue weighted by atomic mass is 32.2. The number of aryl methyl sites for hydroxylation is 2. The first kappa shape index (κ1) is 21.9. The summed E-state index contributed by atoms with van der Waals surface area (Å²) < 4.78 is 27.7. The van der Waals surface area contributed by atoms with Crippen molar-refractivity contribution >= 4 is 38.5 Å². The monoisotopic (exact) mass is 454 g/mol. The van der Waals surface area contributed by atoms with E-state index in [1.54, 1.807) is 28.8 Å². The smallest absolute Gasteiger partial charge is 0.243 e. The number of rotatable bonds is 5. The van der Waals surface area contributed by atoms with Gasteiger partial charge in [-0.3, -0.25) is 4.79 Å². The fourth-order valence-electron chi connectivity index (χ4n) is 3.75. The first-order chi connectivity index (χ1) is 14.8. The summed E-state index contributed by atoms with van der Waals surface area (Å²) in [7, 11) is -3.58. The number of hydrogen-bond acceptors (Lipinski definition) is 4. The van der Waals surface area contributed by atoms with Crippen LogP contribution in [0, 0.1) is 13.8 Å². The minimum Gasteiger partial charge on any atom is -0.339 e. The number of sulfonamides is 1. The van der Waals surface area contributed by atoms with Gasteiger partial charge in [-0.05, 0) is 48.4 Å². The number of carbonyl (C=O) groups excluding carboxylic acids is 1. The minimum absolute atomic E-state index is 0.0497. The van der Waals surface area contributed by atoms with E-state index in [0.29, 0.717) is 36.8 Å². The highest BCUT2D eigenvalue weighted by Gasteiger charge is 2.30. The largest absolute Gasteiger partial charge is 0.339 e. The van der Waals surface area contributed by atoms with E-state index in [1.165, 1.54) is 9.87 Å². The molecule has 0 N–H and O–H groups in total. The molecule has 4 rings (SSSR count). The highest BCUT2D eigenvalue weighted by Crippen LogP contribution is 2.25. The van der Waals surface area contributed by atoms with E-state index >= 15 is 0 Å². The molecule has 1 amide bonds. The Balaban J connectivity index is 1.38. The minimum atomic E-state index is -3.58. The van der Waals surface area contributed by atoms with Crippen LogP contribution in [0.1, 0.15) is 11.1 Å². The summed E-state index contributed by atoms with van der Waals surface area (Å²) in [6, 6.07) is 19.2. The van der Waals surface area contributed by atoms with E-state index in [0.717, 1.165) is 21.2 Å². The molecule has 0 saturated carbocycles. The maximum Gasteiger partial charge on any atom is 0.243 e. The Hall–Kier alpha value is -2.35. The summed E-state index contributed by atoms with van der Waals surface area (Å²) in [4.78, 5) is 15.9. The first-order valence-electron chi connectivity index (χ1n) is 10.3. The Kier molecular flexibility index (Phi) is 6.36. The summed E-state index contributed by atoms with van der Waals surface area (Å²) >= 11 is 1.54. The van der Waals surface area contributed by atoms with Crippen molar-refractivity contribution in [1.82, 2.24) is 9.21 Å². The van der Waals surface area contributed by atoms with Crippen molar-refractivity contribution in [2.45, 2.75) is 23.6 Å². The Morgan fingerprint density at radius 2 is 1.61 bits per heavy atom. The lowest BCUT2D eigenvalue weighted by Crippen LogP contribution is -2.50. The molecule has 1 aliphatic heterocycles. The molecule has 31 heavy (non-hydrogen) atoms. The van der Waals surface area contributed by atoms with Gasteiger partial charge in [-0.25, -0.2) is 8.42 Å². The predicted octanol–water partition coefficient (Wildman–Crippen LogP) is 4.08. The van der Waals surface area contributed by atoms with Crippen LogP contribution in [0.15, 0.2) is 70.5 Å². The topological polar surface area (TPSA) is 57.7 Å². The molecular formula is C24H26N2O3S2. The maximum atomic E-state index is 13.1. The number of hydrogen-bond donors (Lipinski definition) is 0. The molecule has 0 aromatic heterocycles. The summed E-state index contributed by atoms with van der Waals surface area (Å²) in [5, 5.41) is 1.92. The zero-order valence-corrected chi connectivity index (χ0v) is 19.4. The Labute approximate surface area is 188 Å². The van der Waals surface area contributed by atoms with Gasteiger partial charge in [-0.2, -0.15) is 4.31 Å². The van der Waals surface area contributed by atoms with E-state index in [9.17, 15) is 13.2 Å². The number of piperazine rings is 1. The number of fused-ring (bicyclic) bond motifs is 1. The summed E-state index contributed by atoms with van der Waals surface area (Å²) in [5.74, 6) is 0.412. The van der Waals surface area contributed by atoms with Crippen molar-refractivity contribution in [3.8, 4) is 0 Å². The number of thioether (sulfide) groups is 1. The van der Waals surface area contributed by atoms with Crippen molar-refractivity contribution in [3.63, 3.8) is 0 Å². The van der Waals surface area contributed by atoms with Crippen molar-refractivity contribution in [1.29, 1.82) is 0 Å². The van der Waals surface area contributed by atoms with Crippen molar-refractivity contribution in [2.24, 2.45) is 0 Å². The van der Waals surface area contributed by atoms with Gasteiger partial charge in [-0.15, -0.1) is 11.8 Å². The molecular weight excluding hydrogens is 428 g/mol. The second-order valence-electron chi connectivity index (χ2n) is 7.85. The van der Waals surface area contributed by atoms with Gasteiger partial charge in [-0.1, -0.05) is 48.0 Å². The van der Waals surface area contributed by atoms with Gasteiger partial charge in [0.25, 0.3) is 0 Å². The van der Waals surface area contributed by atoms with E-state index in [-0.39, 0.29) is 5.91 Å². The number of carbonyl (C=O) groups is 1. The molecule has 1 aliphatic rings. The third-order valence-corrected chi connectivity index (χ3v) is 8.68. The highest BCUT2D eigenvalue weighted by molar-refractivity contribution is 8.00. The summed E-state index contributed by atoms with van der Waals surface area (Å²) in [5.41, 5.74) is 2.34. The van der Waals surface area contributed by atoms with E-state index < -0.39 is 10.0 Å². The lowest BCUT2D eigenvalue weighted by atomic mass is 10.1. The third-order valence-electron chi connectivity index (χ3n) is 5.64. The molecule has 0 spiro atoms. The van der Waals surface area contributed by atoms with Gasteiger partial charge in [0, 0.05) is 31.1 Å². The summed E-state index contributed by atoms with van der Waals surface area (Å²) in [6.07, 6.45) is 0. The molecule has 5 nitrogen and oxygen atoms in total. The van der Waals surface area contributed by atoms with Gasteiger partial charge < -0.3 is 4.90 Å². The van der Waals surface area contributed by atoms with Crippen LogP contribution in [0.3, 0.4) is 0 Å². The molecule has 162 valence electrons. The fraction of sp³-hybridized carbons (Fsp3) is 0.292. The van der Waals surface area contributed by atoms with Crippen LogP contribution in [0.2, 0.25) is 0 Å². The first-order valence-corrected chi connectivity index (χ1v) is 12.7. The van der Waals surface area contributed by atoms with Crippen molar-refractivity contribution in [2.75, 3.05) is 31.9 Å². The molecule has 1 heterocycles. The predicted molar refractivity (Wildman–Crippen MR) is 126 cm³/mol. The van der Waals surface area contributed by atoms with Gasteiger partial charge in [0.1, 0.15) is 0 Å². The second kappa shape index (κ2) is 9.02. The average Bonchev–Trinajstić information content (AvgIpc) is 2.79. The van der Waals surface area contributed by atoms with Crippen LogP contribution in [0.4, 0.5) is 0 Å². The van der Waals surface area contributed by atoms with Gasteiger partial charge in [0.15, 0.2) is 0 Å². The molecule has 1 saturated heterocycles. The molecule has 0 radical (unpaired) electrons. The molecule has 7 heteroatoms. The molecule has 0 unspecified atom stereocenters. The standard InChI is InChI=1S/C24H26N2O3S2/c1-18-7-8-19(2)23(15-18)30-17-24(27)25-11-13-26(14-12-25)31(28,29)22-10-9-20-5-3-4-6-21(20)16-22/h3-10,15-16H,11-14,17H2,1-2H3. The third kappa shape index (κ3) is 4.79. The number of benzene rings is 3. The van der Waals surface area contributed by atoms with Crippen LogP contribution >= 0.6 is 11.8 Å². The summed E-state index contributed by atoms with van der Waals surface area (Å²) in [6.45, 7) is 5.55. The number of nitrogens with zero attached hydrogens (tertiary/aromatic N) is 2. The molecule has 3 aromatic carbocycles. The fourth-order valence-corrected chi connectivity index (χ4v) is 6.23. The Morgan fingerprint density at radius 3 is 2.35 bits per heavy atom. The van der Waals surface area contributed by atoms with Crippen molar-refractivity contribution in [3.05, 3.63) is 71.8 Å². The zero-order valence-electron chi connectivity index (χ0n) is 17.7. The Bertz CT molecular complexity index is 1220. The van der Waals surface area contributed by atoms with E-state index in [4.69, 9.17) is 0 Å². The van der Waals surface area contributed by atoms with Crippen molar-refractivity contribution < 1.29 is 13.2 Å². The van der Waals surface area contributed by atoms with Gasteiger partial charge in [0.05, 0.1) is 10.6 Å². The van der Waals surface area contributed by atoms with Gasteiger partial charge >= 0.3 is 0 Å². The molecule has 0 bridgehead atoms. The number of amides is 1. The van der Waals surface area contributed by atoms with E-state index in [1.807, 2.05) is 44.2 Å².